The molecule has 17 heavy (non-hydrogen) atoms. The summed E-state index contributed by atoms with van der Waals surface area (Å²) < 4.78 is 25.8. The molecular weight excluding hydrogens is 230 g/mol. The normalized spacial score (nSPS) is 12.2. The van der Waals surface area contributed by atoms with Crippen LogP contribution in [0.3, 0.4) is 0 Å². The summed E-state index contributed by atoms with van der Waals surface area (Å²) >= 11 is 0. The highest BCUT2D eigenvalue weighted by Gasteiger charge is 2.11. The number of nitrogens with one attached hydrogen (secondary N) is 1. The van der Waals surface area contributed by atoms with Crippen LogP contribution in [0.5, 0.6) is 0 Å². The topological polar surface area (TPSA) is 75.3 Å². The minimum atomic E-state index is -0.979. The molecule has 1 amide bonds. The number of nitrogens with two attached hydrogens (primary N) is 1. The van der Waals surface area contributed by atoms with E-state index in [4.69, 9.17) is 10.8 Å². The Kier molecular flexibility index (Phi) is 4.99. The zero-order chi connectivity index (χ0) is 12.8. The average molecular weight is 244 g/mol. The summed E-state index contributed by atoms with van der Waals surface area (Å²) in [6.45, 7) is -0.272. The molecule has 1 aromatic rings. The second-order valence-corrected chi connectivity index (χ2v) is 3.57. The monoisotopic (exact) mass is 244 g/mol. The quantitative estimate of drug-likeness (QED) is 0.679. The maximum atomic E-state index is 13.2. The van der Waals surface area contributed by atoms with Crippen LogP contribution in [0, 0.1) is 11.6 Å². The van der Waals surface area contributed by atoms with E-state index in [9.17, 15) is 13.6 Å². The Hall–Kier alpha value is -1.53. The molecule has 0 bridgehead atoms. The standard InChI is InChI=1S/C11H14F2N2O2/c12-8-2-1-7(9(13)5-8)3-4-15-11(17)10(14)6-16/h1-2,5,10,16H,3-4,6,14H2,(H,15,17). The molecule has 0 aromatic heterocycles. The van der Waals surface area contributed by atoms with Gasteiger partial charge in [0.2, 0.25) is 5.91 Å². The molecule has 0 spiro atoms. The van der Waals surface area contributed by atoms with Crippen molar-refractivity contribution in [3.63, 3.8) is 0 Å². The molecule has 1 unspecified atom stereocenters. The Morgan fingerprint density at radius 2 is 2.18 bits per heavy atom. The van der Waals surface area contributed by atoms with Crippen molar-refractivity contribution in [2.45, 2.75) is 12.5 Å². The first-order chi connectivity index (χ1) is 8.04. The molecule has 94 valence electrons. The van der Waals surface area contributed by atoms with Crippen molar-refractivity contribution in [3.8, 4) is 0 Å². The van der Waals surface area contributed by atoms with E-state index < -0.39 is 30.2 Å². The smallest absolute Gasteiger partial charge is 0.239 e. The summed E-state index contributed by atoms with van der Waals surface area (Å²) in [5, 5.41) is 11.0. The van der Waals surface area contributed by atoms with E-state index in [-0.39, 0.29) is 13.0 Å². The van der Waals surface area contributed by atoms with Gasteiger partial charge in [0.15, 0.2) is 0 Å². The van der Waals surface area contributed by atoms with E-state index in [1.165, 1.54) is 6.07 Å². The fourth-order valence-electron chi connectivity index (χ4n) is 1.26. The van der Waals surface area contributed by atoms with E-state index >= 15 is 0 Å². The van der Waals surface area contributed by atoms with Crippen LogP contribution in [0.4, 0.5) is 8.78 Å². The van der Waals surface area contributed by atoms with Gasteiger partial charge >= 0.3 is 0 Å². The van der Waals surface area contributed by atoms with Crippen molar-refractivity contribution in [2.24, 2.45) is 5.73 Å². The number of benzene rings is 1. The lowest BCUT2D eigenvalue weighted by atomic mass is 10.1. The average Bonchev–Trinajstić information content (AvgIpc) is 2.30. The predicted molar refractivity (Wildman–Crippen MR) is 58.1 cm³/mol. The number of carbonyl (C=O) groups excluding carboxylic acids is 1. The van der Waals surface area contributed by atoms with E-state index in [1.54, 1.807) is 0 Å². The first kappa shape index (κ1) is 13.5. The van der Waals surface area contributed by atoms with Crippen LogP contribution in [-0.4, -0.2) is 30.2 Å². The fourth-order valence-corrected chi connectivity index (χ4v) is 1.26. The molecule has 0 aliphatic heterocycles. The number of halogens is 2. The van der Waals surface area contributed by atoms with E-state index in [2.05, 4.69) is 5.32 Å². The van der Waals surface area contributed by atoms with Crippen molar-refractivity contribution in [1.82, 2.24) is 5.32 Å². The maximum absolute atomic E-state index is 13.2. The van der Waals surface area contributed by atoms with Gasteiger partial charge in [-0.25, -0.2) is 8.78 Å². The van der Waals surface area contributed by atoms with Gasteiger partial charge in [0, 0.05) is 12.6 Å². The largest absolute Gasteiger partial charge is 0.394 e. The molecule has 0 heterocycles. The highest BCUT2D eigenvalue weighted by Crippen LogP contribution is 2.09. The van der Waals surface area contributed by atoms with E-state index in [0.717, 1.165) is 12.1 Å². The number of hydrogen-bond donors (Lipinski definition) is 3. The summed E-state index contributed by atoms with van der Waals surface area (Å²) in [6.07, 6.45) is 0.232. The SMILES string of the molecule is NC(CO)C(=O)NCCc1ccc(F)cc1F. The number of aliphatic hydroxyl groups is 1. The number of aliphatic hydroxyl groups excluding tert-OH is 1. The Labute approximate surface area is 97.4 Å². The summed E-state index contributed by atoms with van der Waals surface area (Å²) in [6, 6.07) is 2.28. The molecule has 0 fully saturated rings. The van der Waals surface area contributed by atoms with Gasteiger partial charge in [0.25, 0.3) is 0 Å². The first-order valence-electron chi connectivity index (χ1n) is 5.12. The van der Waals surface area contributed by atoms with Gasteiger partial charge in [-0.3, -0.25) is 4.79 Å². The number of hydrogen-bond acceptors (Lipinski definition) is 3. The van der Waals surface area contributed by atoms with Crippen LogP contribution >= 0.6 is 0 Å². The lowest BCUT2D eigenvalue weighted by Crippen LogP contribution is -2.43. The van der Waals surface area contributed by atoms with Gasteiger partial charge < -0.3 is 16.2 Å². The summed E-state index contributed by atoms with van der Waals surface area (Å²) in [5.74, 6) is -1.79. The Bertz CT molecular complexity index is 399. The second kappa shape index (κ2) is 6.27. The van der Waals surface area contributed by atoms with E-state index in [1.807, 2.05) is 0 Å². The molecule has 0 aliphatic rings. The summed E-state index contributed by atoms with van der Waals surface area (Å²) in [5.41, 5.74) is 5.57. The Balaban J connectivity index is 2.43. The van der Waals surface area contributed by atoms with Gasteiger partial charge in [-0.1, -0.05) is 6.07 Å². The van der Waals surface area contributed by atoms with Gasteiger partial charge in [-0.15, -0.1) is 0 Å². The van der Waals surface area contributed by atoms with Crippen molar-refractivity contribution in [3.05, 3.63) is 35.4 Å². The molecular formula is C11H14F2N2O2. The third kappa shape index (κ3) is 4.08. The predicted octanol–water partition coefficient (Wildman–Crippen LogP) is -0.0569. The lowest BCUT2D eigenvalue weighted by Gasteiger charge is -2.09. The Morgan fingerprint density at radius 1 is 1.47 bits per heavy atom. The summed E-state index contributed by atoms with van der Waals surface area (Å²) in [7, 11) is 0. The van der Waals surface area contributed by atoms with Gasteiger partial charge in [0.1, 0.15) is 17.7 Å². The van der Waals surface area contributed by atoms with Crippen LogP contribution in [-0.2, 0) is 11.2 Å². The molecule has 1 aromatic carbocycles. The zero-order valence-electron chi connectivity index (χ0n) is 9.12. The number of amides is 1. The van der Waals surface area contributed by atoms with Crippen molar-refractivity contribution < 1.29 is 18.7 Å². The third-order valence-electron chi connectivity index (χ3n) is 2.24. The number of carbonyl (C=O) groups is 1. The van der Waals surface area contributed by atoms with Crippen LogP contribution in [0.2, 0.25) is 0 Å². The highest BCUT2D eigenvalue weighted by molar-refractivity contribution is 5.81. The first-order valence-corrected chi connectivity index (χ1v) is 5.12. The molecule has 0 saturated heterocycles. The van der Waals surface area contributed by atoms with Crippen LogP contribution < -0.4 is 11.1 Å². The molecule has 4 nitrogen and oxygen atoms in total. The Morgan fingerprint density at radius 3 is 2.76 bits per heavy atom. The van der Waals surface area contributed by atoms with Crippen molar-refractivity contribution in [1.29, 1.82) is 0 Å². The van der Waals surface area contributed by atoms with Gasteiger partial charge in [-0.05, 0) is 18.1 Å². The maximum Gasteiger partial charge on any atom is 0.239 e. The van der Waals surface area contributed by atoms with Gasteiger partial charge in [-0.2, -0.15) is 0 Å². The fraction of sp³-hybridized carbons (Fsp3) is 0.364. The summed E-state index contributed by atoms with van der Waals surface area (Å²) in [4.78, 5) is 11.2. The van der Waals surface area contributed by atoms with Crippen LogP contribution in [0.25, 0.3) is 0 Å². The highest BCUT2D eigenvalue weighted by atomic mass is 19.1. The lowest BCUT2D eigenvalue weighted by molar-refractivity contribution is -0.123. The molecule has 4 N–H and O–H groups in total. The minimum absolute atomic E-state index is 0.176. The molecule has 0 saturated carbocycles. The van der Waals surface area contributed by atoms with Gasteiger partial charge in [0.05, 0.1) is 6.61 Å². The second-order valence-electron chi connectivity index (χ2n) is 3.57. The third-order valence-corrected chi connectivity index (χ3v) is 2.24. The molecule has 6 heteroatoms. The minimum Gasteiger partial charge on any atom is -0.394 e. The molecule has 1 rings (SSSR count). The van der Waals surface area contributed by atoms with Crippen LogP contribution in [0.1, 0.15) is 5.56 Å². The zero-order valence-corrected chi connectivity index (χ0v) is 9.12. The number of rotatable bonds is 5. The molecule has 1 atom stereocenters. The van der Waals surface area contributed by atoms with Crippen molar-refractivity contribution >= 4 is 5.91 Å². The van der Waals surface area contributed by atoms with Crippen molar-refractivity contribution in [2.75, 3.05) is 13.2 Å². The van der Waals surface area contributed by atoms with E-state index in [0.29, 0.717) is 5.56 Å². The van der Waals surface area contributed by atoms with Crippen LogP contribution in [0.15, 0.2) is 18.2 Å². The molecule has 0 radical (unpaired) electrons. The molecule has 0 aliphatic carbocycles.